The lowest BCUT2D eigenvalue weighted by Gasteiger charge is -2.18. The van der Waals surface area contributed by atoms with E-state index >= 15 is 0 Å². The van der Waals surface area contributed by atoms with Crippen molar-refractivity contribution in [2.45, 2.75) is 43.5 Å². The second-order valence-electron chi connectivity index (χ2n) is 6.78. The quantitative estimate of drug-likeness (QED) is 0.361. The Balaban J connectivity index is 2.73. The maximum Gasteiger partial charge on any atom is 0.432 e. The van der Waals surface area contributed by atoms with Crippen molar-refractivity contribution in [2.75, 3.05) is 0 Å². The van der Waals surface area contributed by atoms with Crippen molar-refractivity contribution in [3.8, 4) is 5.69 Å². The Bertz CT molecular complexity index is 1050. The number of alkyl halides is 3. The molecule has 10 heteroatoms. The summed E-state index contributed by atoms with van der Waals surface area (Å²) in [6.45, 7) is 8.51. The fraction of sp³-hybridized carbons (Fsp3) is 0.368. The summed E-state index contributed by atoms with van der Waals surface area (Å²) in [6, 6.07) is 2.14. The molecule has 1 aromatic carbocycles. The van der Waals surface area contributed by atoms with Crippen LogP contribution in [0, 0.1) is 12.7 Å². The summed E-state index contributed by atoms with van der Waals surface area (Å²) in [4.78, 5) is 25.5. The minimum Gasteiger partial charge on any atom is -0.292 e. The van der Waals surface area contributed by atoms with Crippen molar-refractivity contribution >= 4 is 23.4 Å². The predicted molar refractivity (Wildman–Crippen MR) is 107 cm³/mol. The molecule has 0 amide bonds. The van der Waals surface area contributed by atoms with Crippen LogP contribution in [-0.2, 0) is 13.2 Å². The lowest BCUT2D eigenvalue weighted by Crippen LogP contribution is -2.43. The number of rotatable bonds is 5. The van der Waals surface area contributed by atoms with Gasteiger partial charge in [-0.15, -0.1) is 18.3 Å². The van der Waals surface area contributed by atoms with E-state index in [0.29, 0.717) is 20.5 Å². The maximum atomic E-state index is 14.6. The van der Waals surface area contributed by atoms with Gasteiger partial charge in [0.1, 0.15) is 11.5 Å². The van der Waals surface area contributed by atoms with Crippen LogP contribution in [0.25, 0.3) is 5.69 Å². The molecule has 0 aliphatic heterocycles. The highest BCUT2D eigenvalue weighted by Gasteiger charge is 2.38. The first-order valence-electron chi connectivity index (χ1n) is 8.46. The van der Waals surface area contributed by atoms with Gasteiger partial charge in [-0.2, -0.15) is 13.2 Å². The summed E-state index contributed by atoms with van der Waals surface area (Å²) < 4.78 is 55.0. The average Bonchev–Trinajstić information content (AvgIpc) is 2.55. The molecule has 0 aliphatic carbocycles. The third kappa shape index (κ3) is 4.78. The lowest BCUT2D eigenvalue weighted by molar-refractivity contribution is -0.144. The number of benzene rings is 1. The highest BCUT2D eigenvalue weighted by Crippen LogP contribution is 2.35. The molecule has 0 saturated heterocycles. The molecule has 1 unspecified atom stereocenters. The SMILES string of the molecule is C=C(C)CC(C)Sc1cc(-n2c(=O)c(C)c(C(F)(F)F)n(C)c2=O)c(F)cc1Cl. The predicted octanol–water partition coefficient (Wildman–Crippen LogP) is 5.10. The standard InChI is InChI=1S/C19H19ClF4N2O2S/c1-9(2)6-10(3)29-15-8-14(13(21)7-12(15)20)26-17(27)11(4)16(19(22,23)24)25(5)18(26)28/h7-8,10H,1,6H2,2-5H3. The van der Waals surface area contributed by atoms with Crippen LogP contribution >= 0.6 is 23.4 Å². The molecular formula is C19H19ClF4N2O2S. The van der Waals surface area contributed by atoms with Crippen LogP contribution in [0.1, 0.15) is 31.5 Å². The van der Waals surface area contributed by atoms with E-state index < -0.39 is 40.2 Å². The van der Waals surface area contributed by atoms with Crippen LogP contribution in [0.4, 0.5) is 17.6 Å². The molecule has 158 valence electrons. The number of nitrogens with zero attached hydrogens (tertiary/aromatic N) is 2. The summed E-state index contributed by atoms with van der Waals surface area (Å²) in [7, 11) is 0.881. The highest BCUT2D eigenvalue weighted by atomic mass is 35.5. The first kappa shape index (κ1) is 23.3. The molecule has 2 rings (SSSR count). The van der Waals surface area contributed by atoms with Crippen LogP contribution < -0.4 is 11.2 Å². The first-order valence-corrected chi connectivity index (χ1v) is 9.71. The third-order valence-electron chi connectivity index (χ3n) is 4.17. The smallest absolute Gasteiger partial charge is 0.292 e. The van der Waals surface area contributed by atoms with Crippen LogP contribution in [0.2, 0.25) is 5.02 Å². The molecule has 0 radical (unpaired) electrons. The molecule has 0 bridgehead atoms. The van der Waals surface area contributed by atoms with Crippen molar-refractivity contribution in [1.82, 2.24) is 9.13 Å². The van der Waals surface area contributed by atoms with Gasteiger partial charge in [0, 0.05) is 22.8 Å². The third-order valence-corrected chi connectivity index (χ3v) is 5.75. The minimum atomic E-state index is -4.91. The van der Waals surface area contributed by atoms with E-state index in [9.17, 15) is 27.2 Å². The Labute approximate surface area is 173 Å². The topological polar surface area (TPSA) is 44.0 Å². The van der Waals surface area contributed by atoms with Gasteiger partial charge < -0.3 is 0 Å². The molecule has 0 spiro atoms. The molecule has 4 nitrogen and oxygen atoms in total. The van der Waals surface area contributed by atoms with Gasteiger partial charge in [0.05, 0.1) is 10.7 Å². The Morgan fingerprint density at radius 3 is 2.41 bits per heavy atom. The van der Waals surface area contributed by atoms with Gasteiger partial charge in [-0.3, -0.25) is 9.36 Å². The molecule has 0 aliphatic rings. The number of hydrogen-bond donors (Lipinski definition) is 0. The van der Waals surface area contributed by atoms with Gasteiger partial charge >= 0.3 is 11.9 Å². The van der Waals surface area contributed by atoms with E-state index in [1.54, 1.807) is 0 Å². The molecule has 29 heavy (non-hydrogen) atoms. The van der Waals surface area contributed by atoms with E-state index in [0.717, 1.165) is 25.6 Å². The lowest BCUT2D eigenvalue weighted by atomic mass is 10.2. The summed E-state index contributed by atoms with van der Waals surface area (Å²) in [5.41, 5.74) is -4.16. The zero-order valence-corrected chi connectivity index (χ0v) is 17.7. The highest BCUT2D eigenvalue weighted by molar-refractivity contribution is 8.00. The van der Waals surface area contributed by atoms with Crippen molar-refractivity contribution in [1.29, 1.82) is 0 Å². The number of allylic oxidation sites excluding steroid dienone is 1. The van der Waals surface area contributed by atoms with Gasteiger partial charge in [-0.1, -0.05) is 24.1 Å². The van der Waals surface area contributed by atoms with Crippen LogP contribution in [0.5, 0.6) is 0 Å². The largest absolute Gasteiger partial charge is 0.432 e. The van der Waals surface area contributed by atoms with E-state index in [1.165, 1.54) is 17.8 Å². The van der Waals surface area contributed by atoms with Crippen LogP contribution in [-0.4, -0.2) is 14.4 Å². The number of aromatic nitrogens is 2. The van der Waals surface area contributed by atoms with E-state index in [-0.39, 0.29) is 10.3 Å². The first-order chi connectivity index (χ1) is 13.3. The van der Waals surface area contributed by atoms with Gasteiger partial charge in [-0.25, -0.2) is 13.8 Å². The molecule has 0 N–H and O–H groups in total. The molecule has 0 fully saturated rings. The Kier molecular flexibility index (Phi) is 6.74. The fourth-order valence-electron chi connectivity index (χ4n) is 3.00. The summed E-state index contributed by atoms with van der Waals surface area (Å²) in [6.07, 6.45) is -4.26. The number of hydrogen-bond acceptors (Lipinski definition) is 3. The number of halogens is 5. The van der Waals surface area contributed by atoms with Gasteiger partial charge in [0.15, 0.2) is 0 Å². The molecule has 1 aromatic heterocycles. The Hall–Kier alpha value is -2.00. The molecule has 2 aromatic rings. The molecular weight excluding hydrogens is 432 g/mol. The van der Waals surface area contributed by atoms with Gasteiger partial charge in [-0.05, 0) is 32.4 Å². The van der Waals surface area contributed by atoms with Crippen LogP contribution in [0.3, 0.4) is 0 Å². The monoisotopic (exact) mass is 450 g/mol. The normalized spacial score (nSPS) is 12.9. The molecule has 0 saturated carbocycles. The summed E-state index contributed by atoms with van der Waals surface area (Å²) in [5, 5.41) is 0.0792. The summed E-state index contributed by atoms with van der Waals surface area (Å²) in [5.74, 6) is -0.995. The molecule has 1 heterocycles. The van der Waals surface area contributed by atoms with Crippen LogP contribution in [0.15, 0.2) is 38.8 Å². The zero-order chi connectivity index (χ0) is 22.3. The Morgan fingerprint density at radius 1 is 1.31 bits per heavy atom. The van der Waals surface area contributed by atoms with Crippen molar-refractivity contribution < 1.29 is 17.6 Å². The minimum absolute atomic E-state index is 0.0113. The van der Waals surface area contributed by atoms with E-state index in [2.05, 4.69) is 6.58 Å². The second kappa shape index (κ2) is 8.39. The van der Waals surface area contributed by atoms with Gasteiger partial charge in [0.25, 0.3) is 5.56 Å². The van der Waals surface area contributed by atoms with E-state index in [4.69, 9.17) is 11.6 Å². The fourth-order valence-corrected chi connectivity index (χ4v) is 4.43. The van der Waals surface area contributed by atoms with Crippen molar-refractivity contribution in [3.05, 3.63) is 67.2 Å². The summed E-state index contributed by atoms with van der Waals surface area (Å²) >= 11 is 7.37. The average molecular weight is 451 g/mol. The maximum absolute atomic E-state index is 14.6. The second-order valence-corrected chi connectivity index (χ2v) is 8.66. The van der Waals surface area contributed by atoms with Gasteiger partial charge in [0.2, 0.25) is 0 Å². The zero-order valence-electron chi connectivity index (χ0n) is 16.2. The number of thioether (sulfide) groups is 1. The van der Waals surface area contributed by atoms with Crippen molar-refractivity contribution in [2.24, 2.45) is 7.05 Å². The van der Waals surface area contributed by atoms with Crippen molar-refractivity contribution in [3.63, 3.8) is 0 Å². The Morgan fingerprint density at radius 2 is 1.90 bits per heavy atom. The van der Waals surface area contributed by atoms with E-state index in [1.807, 2.05) is 13.8 Å². The molecule has 1 atom stereocenters.